The molecule has 15 heteroatoms. The molecule has 1 fully saturated rings. The Morgan fingerprint density at radius 2 is 1.54 bits per heavy atom. The first-order chi connectivity index (χ1) is 30.0. The van der Waals surface area contributed by atoms with Gasteiger partial charge in [-0.1, -0.05) is 81.4 Å². The number of aryl methyl sites for hydroxylation is 2. The molecule has 0 aliphatic carbocycles. The molecule has 13 nitrogen and oxygen atoms in total. The van der Waals surface area contributed by atoms with Crippen LogP contribution in [0.2, 0.25) is 0 Å². The van der Waals surface area contributed by atoms with E-state index in [1.54, 1.807) is 23.5 Å². The van der Waals surface area contributed by atoms with Gasteiger partial charge >= 0.3 is 0 Å². The molecular formula is C48H49N9O4S2. The molecule has 2 unspecified atom stereocenters. The number of nitrogens with one attached hydrogen (secondary N) is 2. The standard InChI is InChI=1S/C48H49N9O4S2/c1-25-38(22-49)63-47-39(25)40(51-28(4)43-55-54-29(5)57(43)47)33-15-11-31(12-16-33)32-13-19-35(20-14-32)44(59)53-42(48(6,7)8)46(61)56-23-36(58)21-37(56)45(60)52-26(2)30-9-17-34(18-10-30)41-27(3)50-24-62-41/h9-20,24,26,28,36-37,42,58H,21,23H2,1-8H3,(H,52,60)(H,53,59)/t26?,28-,36+,37-,42?/m0/s1. The molecule has 63 heavy (non-hydrogen) atoms. The molecule has 322 valence electrons. The molecular weight excluding hydrogens is 831 g/mol. The third-order valence-corrected chi connectivity index (χ3v) is 14.0. The summed E-state index contributed by atoms with van der Waals surface area (Å²) in [5.74, 6) is 0.232. The molecule has 8 rings (SSSR count). The van der Waals surface area contributed by atoms with Crippen molar-refractivity contribution in [3.05, 3.63) is 128 Å². The molecule has 3 aromatic carbocycles. The predicted molar refractivity (Wildman–Crippen MR) is 245 cm³/mol. The first-order valence-corrected chi connectivity index (χ1v) is 22.6. The summed E-state index contributed by atoms with van der Waals surface area (Å²) < 4.78 is 2.00. The SMILES string of the molecule is Cc1ncsc1-c1ccc(C(C)NC(=O)[C@@H]2C[C@@H](O)CN2C(=O)C(NC(=O)c2ccc(-c3ccc(C4=N[C@@H](C)c5nnc(C)n5-c5sc(C#N)c(C)c54)cc3)cc2)C(C)(C)C)cc1. The van der Waals surface area contributed by atoms with E-state index in [1.807, 2.05) is 126 Å². The molecule has 3 amide bonds. The van der Waals surface area contributed by atoms with Crippen LogP contribution in [0, 0.1) is 37.5 Å². The molecule has 1 saturated heterocycles. The lowest BCUT2D eigenvalue weighted by Gasteiger charge is -2.35. The zero-order valence-electron chi connectivity index (χ0n) is 36.4. The fourth-order valence-corrected chi connectivity index (χ4v) is 10.3. The number of carbonyl (C=O) groups excluding carboxylic acids is 3. The molecule has 5 heterocycles. The van der Waals surface area contributed by atoms with Gasteiger partial charge in [0.05, 0.1) is 33.9 Å². The number of fused-ring (bicyclic) bond motifs is 3. The van der Waals surface area contributed by atoms with Crippen molar-refractivity contribution in [3.63, 3.8) is 0 Å². The second-order valence-corrected chi connectivity index (χ2v) is 19.2. The van der Waals surface area contributed by atoms with Crippen molar-refractivity contribution in [2.75, 3.05) is 6.54 Å². The second kappa shape index (κ2) is 17.1. The quantitative estimate of drug-likeness (QED) is 0.132. The summed E-state index contributed by atoms with van der Waals surface area (Å²) in [4.78, 5) is 54.5. The van der Waals surface area contributed by atoms with Crippen molar-refractivity contribution in [2.45, 2.75) is 92.1 Å². The highest BCUT2D eigenvalue weighted by atomic mass is 32.1. The van der Waals surface area contributed by atoms with Gasteiger partial charge in [0, 0.05) is 29.7 Å². The molecule has 6 aromatic rings. The van der Waals surface area contributed by atoms with Crippen LogP contribution < -0.4 is 10.6 Å². The number of benzene rings is 3. The van der Waals surface area contributed by atoms with Crippen molar-refractivity contribution in [2.24, 2.45) is 10.4 Å². The molecule has 2 aliphatic rings. The minimum Gasteiger partial charge on any atom is -0.391 e. The number of rotatable bonds is 9. The van der Waals surface area contributed by atoms with Gasteiger partial charge in [0.1, 0.15) is 39.9 Å². The average Bonchev–Trinajstić information content (AvgIpc) is 4.04. The predicted octanol–water partition coefficient (Wildman–Crippen LogP) is 7.81. The van der Waals surface area contributed by atoms with Crippen LogP contribution in [0.1, 0.15) is 108 Å². The lowest BCUT2D eigenvalue weighted by molar-refractivity contribution is -0.142. The maximum absolute atomic E-state index is 14.3. The van der Waals surface area contributed by atoms with Gasteiger partial charge in [-0.3, -0.25) is 23.9 Å². The van der Waals surface area contributed by atoms with E-state index in [9.17, 15) is 24.8 Å². The molecule has 5 atom stereocenters. The van der Waals surface area contributed by atoms with Crippen LogP contribution in [-0.4, -0.2) is 77.9 Å². The smallest absolute Gasteiger partial charge is 0.251 e. The highest BCUT2D eigenvalue weighted by Crippen LogP contribution is 2.39. The lowest BCUT2D eigenvalue weighted by Crippen LogP contribution is -2.57. The molecule has 2 aliphatic heterocycles. The van der Waals surface area contributed by atoms with Crippen molar-refractivity contribution in [1.29, 1.82) is 5.26 Å². The van der Waals surface area contributed by atoms with E-state index in [2.05, 4.69) is 31.9 Å². The van der Waals surface area contributed by atoms with E-state index in [4.69, 9.17) is 4.99 Å². The molecule has 0 bridgehead atoms. The van der Waals surface area contributed by atoms with Gasteiger partial charge in [-0.15, -0.1) is 32.9 Å². The number of nitrogens with zero attached hydrogens (tertiary/aromatic N) is 7. The Bertz CT molecular complexity index is 2790. The van der Waals surface area contributed by atoms with Crippen LogP contribution >= 0.6 is 22.7 Å². The highest BCUT2D eigenvalue weighted by molar-refractivity contribution is 7.15. The monoisotopic (exact) mass is 879 g/mol. The average molecular weight is 880 g/mol. The van der Waals surface area contributed by atoms with Crippen molar-refractivity contribution in [1.82, 2.24) is 35.3 Å². The Morgan fingerprint density at radius 1 is 0.905 bits per heavy atom. The Kier molecular flexibility index (Phi) is 11.7. The number of aliphatic hydroxyl groups is 1. The van der Waals surface area contributed by atoms with Crippen molar-refractivity contribution in [3.8, 4) is 32.6 Å². The number of aliphatic imine (C=N–C) groups is 1. The van der Waals surface area contributed by atoms with Crippen LogP contribution in [0.25, 0.3) is 26.6 Å². The number of aromatic nitrogens is 4. The van der Waals surface area contributed by atoms with Crippen LogP contribution in [0.15, 0.2) is 83.3 Å². The summed E-state index contributed by atoms with van der Waals surface area (Å²) in [6.07, 6.45) is -0.793. The fourth-order valence-electron chi connectivity index (χ4n) is 8.34. The van der Waals surface area contributed by atoms with Gasteiger partial charge < -0.3 is 20.6 Å². The maximum Gasteiger partial charge on any atom is 0.251 e. The minimum atomic E-state index is -0.983. The third kappa shape index (κ3) is 8.34. The maximum atomic E-state index is 14.3. The van der Waals surface area contributed by atoms with Gasteiger partial charge in [-0.2, -0.15) is 5.26 Å². The highest BCUT2D eigenvalue weighted by Gasteiger charge is 2.45. The van der Waals surface area contributed by atoms with E-state index in [0.29, 0.717) is 10.4 Å². The Labute approximate surface area is 374 Å². The van der Waals surface area contributed by atoms with Crippen LogP contribution in [0.3, 0.4) is 0 Å². The molecule has 3 N–H and O–H groups in total. The number of likely N-dealkylation sites (tertiary alicyclic amines) is 1. The van der Waals surface area contributed by atoms with Gasteiger partial charge in [-0.05, 0) is 80.0 Å². The first kappa shape index (κ1) is 43.3. The number of carbonyl (C=O) groups is 3. The zero-order valence-corrected chi connectivity index (χ0v) is 38.1. The first-order valence-electron chi connectivity index (χ1n) is 20.9. The zero-order chi connectivity index (χ0) is 44.9. The van der Waals surface area contributed by atoms with E-state index in [-0.39, 0.29) is 31.0 Å². The number of thiophene rings is 1. The van der Waals surface area contributed by atoms with Crippen molar-refractivity contribution < 1.29 is 19.5 Å². The van der Waals surface area contributed by atoms with E-state index >= 15 is 0 Å². The summed E-state index contributed by atoms with van der Waals surface area (Å²) in [5, 5.41) is 36.3. The summed E-state index contributed by atoms with van der Waals surface area (Å²) in [7, 11) is 0. The minimum absolute atomic E-state index is 0.0202. The number of hydrogen-bond donors (Lipinski definition) is 3. The van der Waals surface area contributed by atoms with Crippen LogP contribution in [0.5, 0.6) is 0 Å². The number of thiazole rings is 1. The Hall–Kier alpha value is -6.34. The fraction of sp³-hybridized carbons (Fsp3) is 0.333. The van der Waals surface area contributed by atoms with Crippen LogP contribution in [-0.2, 0) is 9.59 Å². The normalized spacial score (nSPS) is 18.1. The largest absolute Gasteiger partial charge is 0.391 e. The van der Waals surface area contributed by atoms with E-state index < -0.39 is 35.4 Å². The number of β-amino-alcohol motifs (C(OH)–C–C–N with tert-alkyl or cyclic N) is 1. The molecule has 0 radical (unpaired) electrons. The van der Waals surface area contributed by atoms with Gasteiger partial charge in [-0.25, -0.2) is 4.98 Å². The molecule has 0 spiro atoms. The molecule has 0 saturated carbocycles. The van der Waals surface area contributed by atoms with Gasteiger partial charge in [0.15, 0.2) is 5.82 Å². The number of amides is 3. The molecule has 3 aromatic heterocycles. The number of nitriles is 1. The van der Waals surface area contributed by atoms with Gasteiger partial charge in [0.25, 0.3) is 5.91 Å². The Balaban J connectivity index is 0.952. The van der Waals surface area contributed by atoms with Crippen molar-refractivity contribution >= 4 is 46.1 Å². The third-order valence-electron chi connectivity index (χ3n) is 11.9. The number of hydrogen-bond acceptors (Lipinski definition) is 11. The summed E-state index contributed by atoms with van der Waals surface area (Å²) in [6.45, 7) is 15.3. The topological polar surface area (TPSA) is 178 Å². The van der Waals surface area contributed by atoms with Crippen LogP contribution in [0.4, 0.5) is 0 Å². The summed E-state index contributed by atoms with van der Waals surface area (Å²) in [5.41, 5.74) is 9.65. The van der Waals surface area contributed by atoms with E-state index in [0.717, 1.165) is 71.9 Å². The lowest BCUT2D eigenvalue weighted by atomic mass is 9.85. The van der Waals surface area contributed by atoms with Gasteiger partial charge in [0.2, 0.25) is 11.8 Å². The summed E-state index contributed by atoms with van der Waals surface area (Å²) >= 11 is 2.99. The second-order valence-electron chi connectivity index (χ2n) is 17.4. The van der Waals surface area contributed by atoms with E-state index in [1.165, 1.54) is 16.2 Å². The summed E-state index contributed by atoms with van der Waals surface area (Å²) in [6, 6.07) is 23.0. The Morgan fingerprint density at radius 3 is 2.16 bits per heavy atom. The number of aliphatic hydroxyl groups excluding tert-OH is 1.